The van der Waals surface area contributed by atoms with E-state index in [4.69, 9.17) is 0 Å². The Bertz CT molecular complexity index is 443. The van der Waals surface area contributed by atoms with Gasteiger partial charge in [-0.2, -0.15) is 0 Å². The Balaban J connectivity index is 1.81. The summed E-state index contributed by atoms with van der Waals surface area (Å²) in [4.78, 5) is 18.8. The third kappa shape index (κ3) is 2.01. The number of piperidine rings is 1. The van der Waals surface area contributed by atoms with Crippen LogP contribution in [0.1, 0.15) is 28.9 Å². The summed E-state index contributed by atoms with van der Waals surface area (Å²) in [6.07, 6.45) is 4.06. The molecule has 1 aromatic rings. The highest BCUT2D eigenvalue weighted by Crippen LogP contribution is 2.27. The van der Waals surface area contributed by atoms with Crippen LogP contribution < -0.4 is 5.32 Å². The smallest absolute Gasteiger partial charge is 0.255 e. The molecule has 96 valence electrons. The minimum atomic E-state index is 0.140. The van der Waals surface area contributed by atoms with Crippen molar-refractivity contribution < 1.29 is 4.79 Å². The molecule has 1 N–H and O–H groups in total. The van der Waals surface area contributed by atoms with Gasteiger partial charge in [0.25, 0.3) is 5.91 Å². The average Bonchev–Trinajstić information content (AvgIpc) is 2.87. The standard InChI is InChI=1S/C14H19N3O/c1-10-4-5-12(8-16-10)14(18)17-6-2-3-11-7-15-9-13(11)17/h4-5,8,11,13,15H,2-3,6-7,9H2,1H3. The number of amides is 1. The maximum Gasteiger partial charge on any atom is 0.255 e. The van der Waals surface area contributed by atoms with Crippen LogP contribution in [0.2, 0.25) is 0 Å². The average molecular weight is 245 g/mol. The summed E-state index contributed by atoms with van der Waals surface area (Å²) in [7, 11) is 0. The molecule has 2 atom stereocenters. The number of nitrogens with one attached hydrogen (secondary N) is 1. The van der Waals surface area contributed by atoms with E-state index in [9.17, 15) is 4.79 Å². The topological polar surface area (TPSA) is 45.2 Å². The van der Waals surface area contributed by atoms with Gasteiger partial charge in [-0.3, -0.25) is 9.78 Å². The lowest BCUT2D eigenvalue weighted by Crippen LogP contribution is -2.48. The highest BCUT2D eigenvalue weighted by atomic mass is 16.2. The van der Waals surface area contributed by atoms with E-state index in [2.05, 4.69) is 10.3 Å². The Morgan fingerprint density at radius 2 is 2.33 bits per heavy atom. The van der Waals surface area contributed by atoms with Crippen LogP contribution in [0.4, 0.5) is 0 Å². The van der Waals surface area contributed by atoms with E-state index in [-0.39, 0.29) is 5.91 Å². The van der Waals surface area contributed by atoms with Gasteiger partial charge in [-0.25, -0.2) is 0 Å². The molecule has 2 unspecified atom stereocenters. The summed E-state index contributed by atoms with van der Waals surface area (Å²) in [5.41, 5.74) is 1.67. The number of likely N-dealkylation sites (tertiary alicyclic amines) is 1. The molecule has 3 rings (SSSR count). The Labute approximate surface area is 107 Å². The molecule has 2 aliphatic heterocycles. The number of hydrogen-bond donors (Lipinski definition) is 1. The quantitative estimate of drug-likeness (QED) is 0.809. The zero-order valence-corrected chi connectivity index (χ0v) is 10.7. The minimum absolute atomic E-state index is 0.140. The summed E-state index contributed by atoms with van der Waals surface area (Å²) < 4.78 is 0. The molecule has 18 heavy (non-hydrogen) atoms. The van der Waals surface area contributed by atoms with Crippen LogP contribution in [-0.4, -0.2) is 41.5 Å². The van der Waals surface area contributed by atoms with Crippen molar-refractivity contribution in [2.45, 2.75) is 25.8 Å². The molecule has 2 saturated heterocycles. The van der Waals surface area contributed by atoms with Crippen LogP contribution in [0.15, 0.2) is 18.3 Å². The van der Waals surface area contributed by atoms with Gasteiger partial charge in [-0.15, -0.1) is 0 Å². The molecule has 2 fully saturated rings. The van der Waals surface area contributed by atoms with Crippen LogP contribution in [-0.2, 0) is 0 Å². The number of aromatic nitrogens is 1. The lowest BCUT2D eigenvalue weighted by molar-refractivity contribution is 0.0574. The second kappa shape index (κ2) is 4.69. The van der Waals surface area contributed by atoms with E-state index in [1.807, 2.05) is 24.0 Å². The third-order valence-corrected chi connectivity index (χ3v) is 4.10. The first-order valence-corrected chi connectivity index (χ1v) is 6.70. The van der Waals surface area contributed by atoms with Gasteiger partial charge in [-0.05, 0) is 37.8 Å². The van der Waals surface area contributed by atoms with Crippen molar-refractivity contribution in [1.82, 2.24) is 15.2 Å². The molecule has 0 bridgehead atoms. The van der Waals surface area contributed by atoms with Crippen LogP contribution in [0.3, 0.4) is 0 Å². The van der Waals surface area contributed by atoms with Crippen molar-refractivity contribution in [1.29, 1.82) is 0 Å². The number of aryl methyl sites for hydroxylation is 1. The van der Waals surface area contributed by atoms with Gasteiger partial charge in [0.15, 0.2) is 0 Å². The first-order valence-electron chi connectivity index (χ1n) is 6.70. The molecule has 0 aromatic carbocycles. The van der Waals surface area contributed by atoms with Crippen molar-refractivity contribution in [3.63, 3.8) is 0 Å². The molecule has 0 radical (unpaired) electrons. The van der Waals surface area contributed by atoms with Gasteiger partial charge in [0.05, 0.1) is 5.56 Å². The zero-order chi connectivity index (χ0) is 12.5. The van der Waals surface area contributed by atoms with Crippen molar-refractivity contribution >= 4 is 5.91 Å². The lowest BCUT2D eigenvalue weighted by atomic mass is 9.91. The fourth-order valence-electron chi connectivity index (χ4n) is 3.08. The van der Waals surface area contributed by atoms with E-state index < -0.39 is 0 Å². The number of pyridine rings is 1. The SMILES string of the molecule is Cc1ccc(C(=O)N2CCCC3CNCC32)cn1. The molecule has 0 saturated carbocycles. The third-order valence-electron chi connectivity index (χ3n) is 4.10. The van der Waals surface area contributed by atoms with Crippen molar-refractivity contribution in [2.75, 3.05) is 19.6 Å². The Morgan fingerprint density at radius 3 is 3.11 bits per heavy atom. The molecular weight excluding hydrogens is 226 g/mol. The van der Waals surface area contributed by atoms with Crippen LogP contribution in [0.5, 0.6) is 0 Å². The van der Waals surface area contributed by atoms with Gasteiger partial charge < -0.3 is 10.2 Å². The molecule has 3 heterocycles. The van der Waals surface area contributed by atoms with Crippen LogP contribution in [0, 0.1) is 12.8 Å². The number of carbonyl (C=O) groups is 1. The Morgan fingerprint density at radius 1 is 1.44 bits per heavy atom. The zero-order valence-electron chi connectivity index (χ0n) is 10.7. The number of hydrogen-bond acceptors (Lipinski definition) is 3. The molecule has 0 aliphatic carbocycles. The fraction of sp³-hybridized carbons (Fsp3) is 0.571. The largest absolute Gasteiger partial charge is 0.334 e. The van der Waals surface area contributed by atoms with E-state index in [1.54, 1.807) is 6.20 Å². The molecule has 1 aromatic heterocycles. The highest BCUT2D eigenvalue weighted by molar-refractivity contribution is 5.94. The van der Waals surface area contributed by atoms with E-state index in [0.717, 1.165) is 31.7 Å². The summed E-state index contributed by atoms with van der Waals surface area (Å²) in [5.74, 6) is 0.780. The second-order valence-electron chi connectivity index (χ2n) is 5.31. The van der Waals surface area contributed by atoms with Crippen LogP contribution >= 0.6 is 0 Å². The summed E-state index contributed by atoms with van der Waals surface area (Å²) in [6, 6.07) is 4.17. The molecule has 4 nitrogen and oxygen atoms in total. The highest BCUT2D eigenvalue weighted by Gasteiger charge is 2.37. The van der Waals surface area contributed by atoms with Gasteiger partial charge in [0.1, 0.15) is 0 Å². The van der Waals surface area contributed by atoms with E-state index >= 15 is 0 Å². The maximum atomic E-state index is 12.5. The number of rotatable bonds is 1. The number of fused-ring (bicyclic) bond motifs is 1. The second-order valence-corrected chi connectivity index (χ2v) is 5.31. The first-order chi connectivity index (χ1) is 8.75. The van der Waals surface area contributed by atoms with Crippen molar-refractivity contribution in [2.24, 2.45) is 5.92 Å². The summed E-state index contributed by atoms with van der Waals surface area (Å²) in [5, 5.41) is 3.40. The normalized spacial score (nSPS) is 27.1. The first kappa shape index (κ1) is 11.7. The lowest BCUT2D eigenvalue weighted by Gasteiger charge is -2.37. The Hall–Kier alpha value is -1.42. The van der Waals surface area contributed by atoms with Gasteiger partial charge in [0, 0.05) is 37.6 Å². The monoisotopic (exact) mass is 245 g/mol. The van der Waals surface area contributed by atoms with Crippen molar-refractivity contribution in [3.05, 3.63) is 29.6 Å². The van der Waals surface area contributed by atoms with Gasteiger partial charge in [-0.1, -0.05) is 0 Å². The molecule has 2 aliphatic rings. The molecule has 0 spiro atoms. The van der Waals surface area contributed by atoms with Crippen LogP contribution in [0.25, 0.3) is 0 Å². The molecular formula is C14H19N3O. The summed E-state index contributed by atoms with van der Waals surface area (Å²) in [6.45, 7) is 4.82. The molecule has 1 amide bonds. The van der Waals surface area contributed by atoms with E-state index in [0.29, 0.717) is 17.5 Å². The predicted octanol–water partition coefficient (Wildman–Crippen LogP) is 1.21. The Kier molecular flexibility index (Phi) is 3.04. The molecule has 4 heteroatoms. The minimum Gasteiger partial charge on any atom is -0.334 e. The number of carbonyl (C=O) groups excluding carboxylic acids is 1. The van der Waals surface area contributed by atoms with E-state index in [1.165, 1.54) is 6.42 Å². The maximum absolute atomic E-state index is 12.5. The predicted molar refractivity (Wildman–Crippen MR) is 69.4 cm³/mol. The van der Waals surface area contributed by atoms with Gasteiger partial charge >= 0.3 is 0 Å². The van der Waals surface area contributed by atoms with Crippen molar-refractivity contribution in [3.8, 4) is 0 Å². The summed E-state index contributed by atoms with van der Waals surface area (Å²) >= 11 is 0. The fourth-order valence-corrected chi connectivity index (χ4v) is 3.08. The number of nitrogens with zero attached hydrogens (tertiary/aromatic N) is 2. The van der Waals surface area contributed by atoms with Gasteiger partial charge in [0.2, 0.25) is 0 Å².